The molecule has 0 rings (SSSR count). The summed E-state index contributed by atoms with van der Waals surface area (Å²) in [5.41, 5.74) is 0. The lowest BCUT2D eigenvalue weighted by Gasteiger charge is -2.30. The van der Waals surface area contributed by atoms with Gasteiger partial charge in [0.1, 0.15) is 19.3 Å². The van der Waals surface area contributed by atoms with Gasteiger partial charge in [0.05, 0.1) is 33.8 Å². The highest BCUT2D eigenvalue weighted by Crippen LogP contribution is 2.38. The number of amides is 1. The molecule has 0 spiro atoms. The van der Waals surface area contributed by atoms with Crippen molar-refractivity contribution in [2.45, 2.75) is 341 Å². The number of carbonyl (C=O) groups is 2. The van der Waals surface area contributed by atoms with Gasteiger partial charge in [0.25, 0.3) is 7.82 Å². The highest BCUT2D eigenvalue weighted by molar-refractivity contribution is 7.45. The molecular formula is C77H139N2O7P. The van der Waals surface area contributed by atoms with Crippen LogP contribution in [-0.4, -0.2) is 69.4 Å². The van der Waals surface area contributed by atoms with Crippen molar-refractivity contribution in [1.29, 1.82) is 0 Å². The van der Waals surface area contributed by atoms with Crippen molar-refractivity contribution in [3.05, 3.63) is 97.2 Å². The van der Waals surface area contributed by atoms with Crippen LogP contribution >= 0.6 is 7.82 Å². The third-order valence-corrected chi connectivity index (χ3v) is 17.0. The number of phosphoric ester groups is 1. The summed E-state index contributed by atoms with van der Waals surface area (Å²) in [5.74, 6) is -0.585. The zero-order chi connectivity index (χ0) is 63.5. The maximum atomic E-state index is 13.6. The van der Waals surface area contributed by atoms with E-state index in [1.165, 1.54) is 199 Å². The molecule has 0 aromatic rings. The van der Waals surface area contributed by atoms with Gasteiger partial charge in [-0.05, 0) is 109 Å². The predicted octanol–water partition coefficient (Wildman–Crippen LogP) is 22.8. The molecule has 9 nitrogen and oxygen atoms in total. The molecule has 0 bridgehead atoms. The summed E-state index contributed by atoms with van der Waals surface area (Å²) >= 11 is 0. The Balaban J connectivity index is 5.11. The fraction of sp³-hybridized carbons (Fsp3) is 0.766. The van der Waals surface area contributed by atoms with Gasteiger partial charge >= 0.3 is 5.97 Å². The highest BCUT2D eigenvalue weighted by Gasteiger charge is 2.27. The molecule has 0 heterocycles. The van der Waals surface area contributed by atoms with E-state index in [1.807, 2.05) is 33.3 Å². The second kappa shape index (κ2) is 65.9. The Hall–Kier alpha value is -3.07. The molecule has 1 amide bonds. The van der Waals surface area contributed by atoms with E-state index in [4.69, 9.17) is 13.8 Å². The van der Waals surface area contributed by atoms with Gasteiger partial charge < -0.3 is 28.5 Å². The van der Waals surface area contributed by atoms with Crippen molar-refractivity contribution in [3.8, 4) is 0 Å². The molecule has 0 aromatic heterocycles. The second-order valence-corrected chi connectivity index (χ2v) is 27.1. The number of likely N-dealkylation sites (N-methyl/N-ethyl adjacent to an activating group) is 1. The number of esters is 1. The van der Waals surface area contributed by atoms with Crippen molar-refractivity contribution >= 4 is 19.7 Å². The lowest BCUT2D eigenvalue weighted by atomic mass is 10.0. The number of carbonyl (C=O) groups excluding carboxylic acids is 2. The molecule has 87 heavy (non-hydrogen) atoms. The Morgan fingerprint density at radius 3 is 1.13 bits per heavy atom. The van der Waals surface area contributed by atoms with Gasteiger partial charge in [0.2, 0.25) is 5.91 Å². The zero-order valence-electron chi connectivity index (χ0n) is 57.7. The van der Waals surface area contributed by atoms with E-state index in [0.717, 1.165) is 89.9 Å². The standard InChI is InChI=1S/C77H139N2O7P/c1-7-10-13-16-19-22-25-28-30-32-34-36-37-38-39-40-41-43-44-46-48-51-54-57-60-63-66-69-76(80)78-74(73-85-87(82,83)84-72-71-79(4,5)6)75(68-65-62-59-56-53-50-27-24-21-18-15-12-9-3)86-77(81)70-67-64-61-58-55-52-49-47-45-42-35-33-31-29-26-23-20-17-14-11-8-2/h11,14,20,23,28-31,35,42,47,49,55,58,65,68,74-75H,7-10,12-13,15-19,21-22,24-27,32-34,36-41,43-46,48,50-54,56-57,59-64,66-67,69-73H2,1-6H3,(H-,78,80,82,83)/b14-11-,23-20-,30-28+,31-29-,42-35-,49-47-,58-55-,68-65-. The van der Waals surface area contributed by atoms with Crippen molar-refractivity contribution in [2.24, 2.45) is 0 Å². The molecule has 0 fully saturated rings. The van der Waals surface area contributed by atoms with Gasteiger partial charge in [-0.3, -0.25) is 14.2 Å². The number of ether oxygens (including phenoxy) is 1. The average molecular weight is 1240 g/mol. The van der Waals surface area contributed by atoms with E-state index in [1.54, 1.807) is 0 Å². The molecule has 3 unspecified atom stereocenters. The van der Waals surface area contributed by atoms with Crippen LogP contribution in [0, 0.1) is 0 Å². The normalized spacial score (nSPS) is 14.1. The number of allylic oxidation sites excluding steroid dienone is 15. The first-order valence-electron chi connectivity index (χ1n) is 36.5. The Morgan fingerprint density at radius 2 is 0.736 bits per heavy atom. The fourth-order valence-electron chi connectivity index (χ4n) is 10.4. The minimum atomic E-state index is -4.72. The first-order chi connectivity index (χ1) is 42.4. The quantitative estimate of drug-likeness (QED) is 0.0212. The van der Waals surface area contributed by atoms with Crippen molar-refractivity contribution in [3.63, 3.8) is 0 Å². The van der Waals surface area contributed by atoms with Crippen LogP contribution in [0.2, 0.25) is 0 Å². The summed E-state index contributed by atoms with van der Waals surface area (Å²) in [6.07, 6.45) is 89.7. The van der Waals surface area contributed by atoms with Crippen LogP contribution in [0.5, 0.6) is 0 Å². The van der Waals surface area contributed by atoms with Gasteiger partial charge in [-0.15, -0.1) is 0 Å². The predicted molar refractivity (Wildman–Crippen MR) is 376 cm³/mol. The lowest BCUT2D eigenvalue weighted by molar-refractivity contribution is -0.870. The summed E-state index contributed by atoms with van der Waals surface area (Å²) in [6.45, 7) is 6.73. The largest absolute Gasteiger partial charge is 0.756 e. The minimum Gasteiger partial charge on any atom is -0.756 e. The molecule has 0 aromatic carbocycles. The number of rotatable bonds is 66. The molecular weight excluding hydrogens is 1100 g/mol. The second-order valence-electron chi connectivity index (χ2n) is 25.7. The van der Waals surface area contributed by atoms with Crippen LogP contribution in [0.4, 0.5) is 0 Å². The molecule has 0 radical (unpaired) electrons. The molecule has 0 saturated heterocycles. The van der Waals surface area contributed by atoms with Crippen LogP contribution in [0.1, 0.15) is 329 Å². The SMILES string of the molecule is CC/C=C\C/C=C\C/C=C\C/C=C\C/C=C\C/C=C\CCCCC(=O)OC(/C=C\CCCCCCCCCCCCC)C(COP(=O)([O-])OCC[N+](C)(C)C)NC(=O)CCCCCCCCCCCCCCCCCCC/C=C/CCCCCCCC. The average Bonchev–Trinajstić information content (AvgIpc) is 3.70. The highest BCUT2D eigenvalue weighted by atomic mass is 31.2. The van der Waals surface area contributed by atoms with E-state index in [0.29, 0.717) is 23.9 Å². The number of nitrogens with zero attached hydrogens (tertiary/aromatic N) is 1. The van der Waals surface area contributed by atoms with Gasteiger partial charge in [0.15, 0.2) is 0 Å². The third-order valence-electron chi connectivity index (χ3n) is 16.0. The first kappa shape index (κ1) is 83.9. The Labute approximate surface area is 538 Å². The van der Waals surface area contributed by atoms with E-state index in [2.05, 4.69) is 111 Å². The van der Waals surface area contributed by atoms with Crippen LogP contribution < -0.4 is 10.2 Å². The third kappa shape index (κ3) is 67.2. The number of hydrogen-bond donors (Lipinski definition) is 1. The van der Waals surface area contributed by atoms with Crippen molar-refractivity contribution in [1.82, 2.24) is 5.32 Å². The topological polar surface area (TPSA) is 114 Å². The monoisotopic (exact) mass is 1240 g/mol. The molecule has 1 N–H and O–H groups in total. The molecule has 504 valence electrons. The van der Waals surface area contributed by atoms with Crippen LogP contribution in [0.25, 0.3) is 0 Å². The summed E-state index contributed by atoms with van der Waals surface area (Å²) < 4.78 is 30.4. The Bertz CT molecular complexity index is 1810. The van der Waals surface area contributed by atoms with Crippen molar-refractivity contribution < 1.29 is 37.3 Å². The van der Waals surface area contributed by atoms with Crippen LogP contribution in [0.3, 0.4) is 0 Å². The van der Waals surface area contributed by atoms with E-state index in [-0.39, 0.29) is 24.9 Å². The van der Waals surface area contributed by atoms with E-state index in [9.17, 15) is 19.0 Å². The number of quaternary nitrogens is 1. The fourth-order valence-corrected chi connectivity index (χ4v) is 11.1. The number of unbranched alkanes of at least 4 members (excludes halogenated alkanes) is 36. The maximum Gasteiger partial charge on any atom is 0.306 e. The Kier molecular flexibility index (Phi) is 63.5. The minimum absolute atomic E-state index is 0.0322. The number of phosphoric acid groups is 1. The molecule has 3 atom stereocenters. The number of nitrogens with one attached hydrogen (secondary N) is 1. The van der Waals surface area contributed by atoms with E-state index >= 15 is 0 Å². The lowest BCUT2D eigenvalue weighted by Crippen LogP contribution is -2.47. The van der Waals surface area contributed by atoms with Gasteiger partial charge in [-0.2, -0.15) is 0 Å². The summed E-state index contributed by atoms with van der Waals surface area (Å²) in [7, 11) is 1.16. The molecule has 10 heteroatoms. The summed E-state index contributed by atoms with van der Waals surface area (Å²) in [5, 5.41) is 3.04. The maximum absolute atomic E-state index is 13.6. The van der Waals surface area contributed by atoms with E-state index < -0.39 is 26.6 Å². The number of hydrogen-bond acceptors (Lipinski definition) is 7. The summed E-state index contributed by atoms with van der Waals surface area (Å²) in [6, 6.07) is -0.912. The smallest absolute Gasteiger partial charge is 0.306 e. The van der Waals surface area contributed by atoms with Gasteiger partial charge in [-0.1, -0.05) is 305 Å². The Morgan fingerprint density at radius 1 is 0.414 bits per heavy atom. The van der Waals surface area contributed by atoms with Gasteiger partial charge in [-0.25, -0.2) is 0 Å². The van der Waals surface area contributed by atoms with Crippen LogP contribution in [-0.2, 0) is 27.9 Å². The summed E-state index contributed by atoms with van der Waals surface area (Å²) in [4.78, 5) is 40.2. The van der Waals surface area contributed by atoms with Gasteiger partial charge in [0, 0.05) is 12.8 Å². The first-order valence-corrected chi connectivity index (χ1v) is 38.0. The molecule has 0 aliphatic rings. The molecule has 0 saturated carbocycles. The zero-order valence-corrected chi connectivity index (χ0v) is 58.6. The van der Waals surface area contributed by atoms with Crippen LogP contribution in [0.15, 0.2) is 97.2 Å². The molecule has 0 aliphatic heterocycles. The van der Waals surface area contributed by atoms with Crippen molar-refractivity contribution in [2.75, 3.05) is 40.9 Å². The molecule has 0 aliphatic carbocycles.